The molecule has 0 spiro atoms. The Hall–Kier alpha value is -0.260. The molecular formula is C12H17. The van der Waals surface area contributed by atoms with Gasteiger partial charge in [0.15, 0.2) is 0 Å². The molecule has 2 saturated carbocycles. The standard InChI is InChI=1S/C12H17/c1-8-5-10-9-3-4-12(2,7-9)11(10)6-8/h4,6,9-11H,3,5,7H2,1-2H3. The molecular weight excluding hydrogens is 144 g/mol. The summed E-state index contributed by atoms with van der Waals surface area (Å²) in [4.78, 5) is 0. The van der Waals surface area contributed by atoms with Crippen molar-refractivity contribution in [3.63, 3.8) is 0 Å². The number of rotatable bonds is 0. The Morgan fingerprint density at radius 2 is 2.33 bits per heavy atom. The summed E-state index contributed by atoms with van der Waals surface area (Å²) in [5.41, 5.74) is 2.24. The summed E-state index contributed by atoms with van der Waals surface area (Å²) in [6, 6.07) is 0. The van der Waals surface area contributed by atoms with E-state index in [1.807, 2.05) is 0 Å². The van der Waals surface area contributed by atoms with Gasteiger partial charge < -0.3 is 0 Å². The minimum absolute atomic E-state index is 0.590. The van der Waals surface area contributed by atoms with Crippen LogP contribution in [0.3, 0.4) is 0 Å². The van der Waals surface area contributed by atoms with Gasteiger partial charge in [-0.3, -0.25) is 0 Å². The summed E-state index contributed by atoms with van der Waals surface area (Å²) in [5.74, 6) is 2.98. The van der Waals surface area contributed by atoms with Crippen LogP contribution in [0.1, 0.15) is 33.1 Å². The van der Waals surface area contributed by atoms with Gasteiger partial charge >= 0.3 is 0 Å². The quantitative estimate of drug-likeness (QED) is 0.479. The highest BCUT2D eigenvalue weighted by molar-refractivity contribution is 5.25. The van der Waals surface area contributed by atoms with Gasteiger partial charge in [0.05, 0.1) is 0 Å². The first-order chi connectivity index (χ1) is 5.69. The first-order valence-corrected chi connectivity index (χ1v) is 5.21. The fourth-order valence-corrected chi connectivity index (χ4v) is 3.89. The highest BCUT2D eigenvalue weighted by atomic mass is 14.6. The zero-order valence-electron chi connectivity index (χ0n) is 8.01. The van der Waals surface area contributed by atoms with Crippen molar-refractivity contribution >= 4 is 0 Å². The van der Waals surface area contributed by atoms with Gasteiger partial charge in [-0.15, -0.1) is 0 Å². The van der Waals surface area contributed by atoms with E-state index in [9.17, 15) is 0 Å². The number of fused-ring (bicyclic) bond motifs is 5. The van der Waals surface area contributed by atoms with Crippen molar-refractivity contribution in [2.24, 2.45) is 23.2 Å². The van der Waals surface area contributed by atoms with Crippen LogP contribution < -0.4 is 0 Å². The summed E-state index contributed by atoms with van der Waals surface area (Å²) in [6.45, 7) is 4.77. The van der Waals surface area contributed by atoms with E-state index in [2.05, 4.69) is 26.3 Å². The maximum Gasteiger partial charge on any atom is -0.0140 e. The van der Waals surface area contributed by atoms with E-state index in [1.165, 1.54) is 19.3 Å². The van der Waals surface area contributed by atoms with Crippen LogP contribution in [0.25, 0.3) is 0 Å². The fraction of sp³-hybridized carbons (Fsp3) is 0.750. The molecule has 3 aliphatic carbocycles. The first kappa shape index (κ1) is 7.17. The molecule has 0 amide bonds. The lowest BCUT2D eigenvalue weighted by atomic mass is 9.73. The van der Waals surface area contributed by atoms with Gasteiger partial charge in [0.25, 0.3) is 0 Å². The maximum atomic E-state index is 2.59. The van der Waals surface area contributed by atoms with Gasteiger partial charge in [-0.2, -0.15) is 0 Å². The Morgan fingerprint density at radius 1 is 1.50 bits per heavy atom. The monoisotopic (exact) mass is 161 g/mol. The molecule has 65 valence electrons. The van der Waals surface area contributed by atoms with E-state index < -0.39 is 0 Å². The number of hydrogen-bond donors (Lipinski definition) is 0. The van der Waals surface area contributed by atoms with Crippen LogP contribution in [-0.4, -0.2) is 0 Å². The predicted molar refractivity (Wildman–Crippen MR) is 50.5 cm³/mol. The minimum Gasteiger partial charge on any atom is -0.0816 e. The summed E-state index contributed by atoms with van der Waals surface area (Å²) in [5, 5.41) is 0. The van der Waals surface area contributed by atoms with Crippen LogP contribution in [0.5, 0.6) is 0 Å². The normalized spacial score (nSPS) is 55.8. The molecule has 0 aliphatic heterocycles. The van der Waals surface area contributed by atoms with E-state index in [0.717, 1.165) is 17.8 Å². The third-order valence-corrected chi connectivity index (χ3v) is 4.44. The van der Waals surface area contributed by atoms with E-state index in [-0.39, 0.29) is 0 Å². The molecule has 2 fully saturated rings. The average molecular weight is 161 g/mol. The SMILES string of the molecule is CC1=CC2C(C1)C1C[CH]C2(C)C1. The second kappa shape index (κ2) is 1.97. The van der Waals surface area contributed by atoms with Gasteiger partial charge in [-0.1, -0.05) is 18.6 Å². The molecule has 4 atom stereocenters. The second-order valence-electron chi connectivity index (χ2n) is 5.32. The van der Waals surface area contributed by atoms with E-state index in [1.54, 1.807) is 5.57 Å². The lowest BCUT2D eigenvalue weighted by Crippen LogP contribution is -2.24. The van der Waals surface area contributed by atoms with Crippen LogP contribution in [0, 0.1) is 29.6 Å². The van der Waals surface area contributed by atoms with Crippen molar-refractivity contribution in [3.8, 4) is 0 Å². The topological polar surface area (TPSA) is 0 Å². The van der Waals surface area contributed by atoms with Gasteiger partial charge in [-0.05, 0) is 55.8 Å². The third kappa shape index (κ3) is 0.694. The summed E-state index contributed by atoms with van der Waals surface area (Å²) < 4.78 is 0. The molecule has 0 heteroatoms. The molecule has 12 heavy (non-hydrogen) atoms. The largest absolute Gasteiger partial charge is 0.0816 e. The van der Waals surface area contributed by atoms with E-state index in [0.29, 0.717) is 5.41 Å². The Kier molecular flexibility index (Phi) is 1.18. The fourth-order valence-electron chi connectivity index (χ4n) is 3.89. The number of hydrogen-bond acceptors (Lipinski definition) is 0. The van der Waals surface area contributed by atoms with Gasteiger partial charge in [0, 0.05) is 0 Å². The van der Waals surface area contributed by atoms with Crippen molar-refractivity contribution in [2.75, 3.05) is 0 Å². The van der Waals surface area contributed by atoms with Crippen molar-refractivity contribution in [3.05, 3.63) is 18.1 Å². The zero-order chi connectivity index (χ0) is 8.34. The average Bonchev–Trinajstić information content (AvgIpc) is 2.57. The summed E-state index contributed by atoms with van der Waals surface area (Å²) in [6.07, 6.45) is 9.43. The molecule has 4 unspecified atom stereocenters. The first-order valence-electron chi connectivity index (χ1n) is 5.21. The van der Waals surface area contributed by atoms with Crippen LogP contribution >= 0.6 is 0 Å². The van der Waals surface area contributed by atoms with Crippen molar-refractivity contribution in [2.45, 2.75) is 33.1 Å². The molecule has 3 aliphatic rings. The highest BCUT2D eigenvalue weighted by Crippen LogP contribution is 2.63. The number of allylic oxidation sites excluding steroid dienone is 2. The van der Waals surface area contributed by atoms with E-state index >= 15 is 0 Å². The predicted octanol–water partition coefficient (Wildman–Crippen LogP) is 3.20. The Balaban J connectivity index is 2.00. The van der Waals surface area contributed by atoms with Crippen LogP contribution in [0.4, 0.5) is 0 Å². The summed E-state index contributed by atoms with van der Waals surface area (Å²) in [7, 11) is 0. The lowest BCUT2D eigenvalue weighted by molar-refractivity contribution is 0.263. The molecule has 1 radical (unpaired) electrons. The molecule has 0 nitrogen and oxygen atoms in total. The molecule has 0 saturated heterocycles. The molecule has 2 bridgehead atoms. The van der Waals surface area contributed by atoms with Gasteiger partial charge in [0.2, 0.25) is 0 Å². The third-order valence-electron chi connectivity index (χ3n) is 4.44. The molecule has 0 aromatic carbocycles. The van der Waals surface area contributed by atoms with E-state index in [4.69, 9.17) is 0 Å². The van der Waals surface area contributed by atoms with Crippen molar-refractivity contribution in [1.82, 2.24) is 0 Å². The zero-order valence-corrected chi connectivity index (χ0v) is 8.01. The molecule has 0 aromatic rings. The molecule has 3 rings (SSSR count). The molecule has 0 aromatic heterocycles. The Bertz CT molecular complexity index is 251. The Labute approximate surface area is 75.0 Å². The minimum atomic E-state index is 0.590. The molecule has 0 N–H and O–H groups in total. The van der Waals surface area contributed by atoms with Crippen molar-refractivity contribution < 1.29 is 0 Å². The molecule has 0 heterocycles. The second-order valence-corrected chi connectivity index (χ2v) is 5.32. The highest BCUT2D eigenvalue weighted by Gasteiger charge is 2.55. The van der Waals surface area contributed by atoms with Crippen LogP contribution in [0.2, 0.25) is 0 Å². The van der Waals surface area contributed by atoms with Gasteiger partial charge in [0.1, 0.15) is 0 Å². The summed E-state index contributed by atoms with van der Waals surface area (Å²) >= 11 is 0. The van der Waals surface area contributed by atoms with Crippen LogP contribution in [-0.2, 0) is 0 Å². The Morgan fingerprint density at radius 3 is 3.08 bits per heavy atom. The smallest absolute Gasteiger partial charge is 0.0140 e. The van der Waals surface area contributed by atoms with Gasteiger partial charge in [-0.25, -0.2) is 0 Å². The maximum absolute atomic E-state index is 2.59. The van der Waals surface area contributed by atoms with Crippen LogP contribution in [0.15, 0.2) is 11.6 Å². The van der Waals surface area contributed by atoms with Crippen molar-refractivity contribution in [1.29, 1.82) is 0 Å². The lowest BCUT2D eigenvalue weighted by Gasteiger charge is -2.31.